The summed E-state index contributed by atoms with van der Waals surface area (Å²) in [6, 6.07) is 11.0. The molecule has 1 aliphatic heterocycles. The van der Waals surface area contributed by atoms with Crippen molar-refractivity contribution in [2.24, 2.45) is 0 Å². The molecule has 3 aromatic rings. The maximum Gasteiger partial charge on any atom is 0.322 e. The van der Waals surface area contributed by atoms with Gasteiger partial charge in [-0.3, -0.25) is 14.6 Å². The van der Waals surface area contributed by atoms with Crippen molar-refractivity contribution in [2.75, 3.05) is 20.1 Å². The number of carbonyl (C=O) groups is 1. The maximum absolute atomic E-state index is 12.8. The van der Waals surface area contributed by atoms with Crippen molar-refractivity contribution in [3.05, 3.63) is 73.6 Å². The van der Waals surface area contributed by atoms with Crippen LogP contribution in [0.3, 0.4) is 0 Å². The van der Waals surface area contributed by atoms with Gasteiger partial charge in [-0.05, 0) is 62.9 Å². The second-order valence-corrected chi connectivity index (χ2v) is 8.92. The van der Waals surface area contributed by atoms with Crippen LogP contribution in [0.1, 0.15) is 38.2 Å². The molecule has 2 N–H and O–H groups in total. The Kier molecular flexibility index (Phi) is 6.15. The summed E-state index contributed by atoms with van der Waals surface area (Å²) in [5.74, 6) is 0.538. The molecule has 9 heteroatoms. The van der Waals surface area contributed by atoms with Crippen LogP contribution >= 0.6 is 11.3 Å². The van der Waals surface area contributed by atoms with Crippen LogP contribution in [0.5, 0.6) is 5.75 Å². The molecule has 4 rings (SSSR count). The number of likely N-dealkylation sites (N-methyl/N-ethyl adjacent to an activating group) is 1. The van der Waals surface area contributed by atoms with Gasteiger partial charge in [0.15, 0.2) is 0 Å². The Labute approximate surface area is 184 Å². The number of hydrogen-bond donors (Lipinski definition) is 2. The van der Waals surface area contributed by atoms with Gasteiger partial charge in [0.25, 0.3) is 5.91 Å². The lowest BCUT2D eigenvalue weighted by Crippen LogP contribution is -2.39. The number of aryl methyl sites for hydroxylation is 2. The van der Waals surface area contributed by atoms with Crippen molar-refractivity contribution in [1.29, 1.82) is 0 Å². The predicted molar refractivity (Wildman–Crippen MR) is 119 cm³/mol. The van der Waals surface area contributed by atoms with E-state index in [0.29, 0.717) is 24.5 Å². The topological polar surface area (TPSA) is 100 Å². The second kappa shape index (κ2) is 8.99. The number of carbonyl (C=O) groups excluding carboxylic acids is 1. The number of amides is 1. The molecular weight excluding hydrogens is 414 g/mol. The average Bonchev–Trinajstić information content (AvgIpc) is 3.31. The minimum Gasteiger partial charge on any atom is -0.489 e. The van der Waals surface area contributed by atoms with Gasteiger partial charge in [-0.15, -0.1) is 0 Å². The molecule has 0 spiro atoms. The minimum atomic E-state index is -0.178. The van der Waals surface area contributed by atoms with Crippen LogP contribution in [0.25, 0.3) is 0 Å². The molecule has 1 fully saturated rings. The fraction of sp³-hybridized carbons (Fsp3) is 0.364. The van der Waals surface area contributed by atoms with Crippen molar-refractivity contribution in [2.45, 2.75) is 32.4 Å². The Hall–Kier alpha value is -3.04. The highest BCUT2D eigenvalue weighted by atomic mass is 32.1. The average molecular weight is 440 g/mol. The van der Waals surface area contributed by atoms with Crippen LogP contribution in [0, 0.1) is 13.8 Å². The Morgan fingerprint density at radius 3 is 2.58 bits per heavy atom. The molecule has 0 unspecified atom stereocenters. The van der Waals surface area contributed by atoms with Gasteiger partial charge in [0.2, 0.25) is 0 Å². The monoisotopic (exact) mass is 439 g/mol. The number of nitrogens with one attached hydrogen (secondary N) is 2. The molecule has 2 aromatic heterocycles. The van der Waals surface area contributed by atoms with Gasteiger partial charge in [-0.2, -0.15) is 5.10 Å². The van der Waals surface area contributed by atoms with E-state index in [1.807, 2.05) is 33.0 Å². The van der Waals surface area contributed by atoms with Crippen molar-refractivity contribution < 1.29 is 9.53 Å². The summed E-state index contributed by atoms with van der Waals surface area (Å²) in [7, 11) is 1.99. The van der Waals surface area contributed by atoms with Gasteiger partial charge in [-0.25, -0.2) is 5.10 Å². The summed E-state index contributed by atoms with van der Waals surface area (Å²) in [6.45, 7) is 5.81. The Bertz CT molecular complexity index is 1100. The summed E-state index contributed by atoms with van der Waals surface area (Å²) in [6.07, 6.45) is 0. The largest absolute Gasteiger partial charge is 0.489 e. The van der Waals surface area contributed by atoms with E-state index >= 15 is 0 Å². The predicted octanol–water partition coefficient (Wildman–Crippen LogP) is 2.25. The van der Waals surface area contributed by atoms with E-state index in [9.17, 15) is 9.59 Å². The van der Waals surface area contributed by atoms with Crippen LogP contribution in [0.15, 0.2) is 41.2 Å². The summed E-state index contributed by atoms with van der Waals surface area (Å²) in [5, 5.41) is 10.4. The van der Waals surface area contributed by atoms with Crippen molar-refractivity contribution in [3.63, 3.8) is 0 Å². The van der Waals surface area contributed by atoms with Crippen LogP contribution in [0.2, 0.25) is 0 Å². The highest BCUT2D eigenvalue weighted by Crippen LogP contribution is 2.27. The molecule has 3 heterocycles. The number of aromatic nitrogens is 3. The number of benzene rings is 1. The highest BCUT2D eigenvalue weighted by molar-refractivity contribution is 7.08. The number of pyridine rings is 1. The normalized spacial score (nSPS) is 18.8. The summed E-state index contributed by atoms with van der Waals surface area (Å²) < 4.78 is 5.86. The van der Waals surface area contributed by atoms with E-state index in [4.69, 9.17) is 4.74 Å². The number of likely N-dealkylation sites (tertiary alicyclic amines) is 1. The molecule has 0 radical (unpaired) electrons. The third-order valence-corrected chi connectivity index (χ3v) is 6.13. The van der Waals surface area contributed by atoms with Gasteiger partial charge in [-0.1, -0.05) is 11.3 Å². The zero-order chi connectivity index (χ0) is 22.0. The number of nitrogens with zero attached hydrogens (tertiary/aromatic N) is 3. The van der Waals surface area contributed by atoms with Crippen LogP contribution in [-0.4, -0.2) is 52.2 Å². The fourth-order valence-electron chi connectivity index (χ4n) is 3.92. The van der Waals surface area contributed by atoms with Gasteiger partial charge >= 0.3 is 4.87 Å². The first-order valence-corrected chi connectivity index (χ1v) is 10.9. The number of ether oxygens (including phenoxy) is 1. The molecule has 31 heavy (non-hydrogen) atoms. The van der Waals surface area contributed by atoms with Gasteiger partial charge in [0, 0.05) is 36.0 Å². The van der Waals surface area contributed by atoms with E-state index in [2.05, 4.69) is 25.4 Å². The number of rotatable bonds is 6. The Morgan fingerprint density at radius 2 is 1.94 bits per heavy atom. The third kappa shape index (κ3) is 5.18. The van der Waals surface area contributed by atoms with Gasteiger partial charge in [0.1, 0.15) is 17.4 Å². The zero-order valence-corrected chi connectivity index (χ0v) is 18.5. The molecule has 0 saturated carbocycles. The zero-order valence-electron chi connectivity index (χ0n) is 17.7. The van der Waals surface area contributed by atoms with E-state index in [0.717, 1.165) is 39.8 Å². The van der Waals surface area contributed by atoms with E-state index in [1.165, 1.54) is 0 Å². The first-order chi connectivity index (χ1) is 14.9. The quantitative estimate of drug-likeness (QED) is 0.611. The smallest absolute Gasteiger partial charge is 0.322 e. The molecule has 8 nitrogen and oxygen atoms in total. The molecule has 0 aliphatic carbocycles. The molecule has 1 saturated heterocycles. The standard InChI is InChI=1S/C22H25N5O3S/c1-13-8-15(9-14(2)23-13)12-30-17-6-4-16(5-7-17)20(28)24-19-11-27(3)10-18(19)21-25-26-22(29)31-21/h4-9,18-19H,10-12H2,1-3H3,(H,24,28)(H,26,29)/t18-,19+/m0/s1. The molecule has 1 amide bonds. The van der Waals surface area contributed by atoms with Crippen molar-refractivity contribution >= 4 is 17.2 Å². The van der Waals surface area contributed by atoms with Crippen molar-refractivity contribution in [3.8, 4) is 5.75 Å². The Balaban J connectivity index is 1.38. The fourth-order valence-corrected chi connectivity index (χ4v) is 4.68. The number of hydrogen-bond acceptors (Lipinski definition) is 7. The van der Waals surface area contributed by atoms with E-state index < -0.39 is 0 Å². The van der Waals surface area contributed by atoms with Gasteiger partial charge in [0.05, 0.1) is 6.04 Å². The number of H-pyrrole nitrogens is 1. The van der Waals surface area contributed by atoms with E-state index in [-0.39, 0.29) is 22.7 Å². The summed E-state index contributed by atoms with van der Waals surface area (Å²) in [4.78, 5) is 30.6. The third-order valence-electron chi connectivity index (χ3n) is 5.25. The minimum absolute atomic E-state index is 0.00668. The lowest BCUT2D eigenvalue weighted by Gasteiger charge is -2.18. The van der Waals surface area contributed by atoms with Crippen molar-refractivity contribution in [1.82, 2.24) is 25.4 Å². The lowest BCUT2D eigenvalue weighted by atomic mass is 10.0. The Morgan fingerprint density at radius 1 is 1.23 bits per heavy atom. The summed E-state index contributed by atoms with van der Waals surface area (Å²) >= 11 is 1.10. The van der Waals surface area contributed by atoms with E-state index in [1.54, 1.807) is 24.3 Å². The molecular formula is C22H25N5O3S. The lowest BCUT2D eigenvalue weighted by molar-refractivity contribution is 0.0935. The molecule has 0 bridgehead atoms. The molecule has 2 atom stereocenters. The maximum atomic E-state index is 12.8. The first-order valence-electron chi connectivity index (χ1n) is 10.1. The second-order valence-electron chi connectivity index (χ2n) is 7.93. The first kappa shape index (κ1) is 21.2. The van der Waals surface area contributed by atoms with Crippen LogP contribution in [0.4, 0.5) is 0 Å². The summed E-state index contributed by atoms with van der Waals surface area (Å²) in [5.41, 5.74) is 3.54. The molecule has 1 aromatic carbocycles. The number of aromatic amines is 1. The molecule has 1 aliphatic rings. The molecule has 162 valence electrons. The SMILES string of the molecule is Cc1cc(COc2ccc(C(=O)N[C@@H]3CN(C)C[C@@H]3c3n[nH]c(=O)s3)cc2)cc(C)n1. The van der Waals surface area contributed by atoms with Gasteiger partial charge < -0.3 is 15.0 Å². The highest BCUT2D eigenvalue weighted by Gasteiger charge is 2.35. The van der Waals surface area contributed by atoms with Crippen LogP contribution < -0.4 is 14.9 Å². The van der Waals surface area contributed by atoms with Crippen LogP contribution in [-0.2, 0) is 6.61 Å².